The topological polar surface area (TPSA) is 260 Å². The first-order chi connectivity index (χ1) is 40.2. The van der Waals surface area contributed by atoms with Crippen LogP contribution in [0.1, 0.15) is 137 Å². The number of carbonyl (C=O) groups excluding carboxylic acids is 6. The van der Waals surface area contributed by atoms with Gasteiger partial charge in [-0.25, -0.2) is 18.4 Å². The molecule has 0 saturated carbocycles. The van der Waals surface area contributed by atoms with Gasteiger partial charge in [0.1, 0.15) is 18.1 Å². The lowest BCUT2D eigenvalue weighted by molar-refractivity contribution is -0.144. The van der Waals surface area contributed by atoms with E-state index in [1.165, 1.54) is 34.7 Å². The predicted octanol–water partition coefficient (Wildman–Crippen LogP) is 8.91. The third-order valence-electron chi connectivity index (χ3n) is 14.6. The molecule has 0 aliphatic carbocycles. The normalized spacial score (nSPS) is 15.0. The van der Waals surface area contributed by atoms with Crippen LogP contribution in [0.5, 0.6) is 0 Å². The number of aromatic nitrogens is 3. The van der Waals surface area contributed by atoms with Gasteiger partial charge in [0.2, 0.25) is 33.7 Å². The number of rotatable bonds is 31. The Morgan fingerprint density at radius 2 is 1.36 bits per heavy atom. The second-order valence-corrected chi connectivity index (χ2v) is 26.1. The van der Waals surface area contributed by atoms with Crippen molar-refractivity contribution in [3.05, 3.63) is 136 Å². The second kappa shape index (κ2) is 31.2. The van der Waals surface area contributed by atoms with Crippen LogP contribution in [0.15, 0.2) is 108 Å². The number of likely N-dealkylation sites (tertiary alicyclic amines) is 1. The smallest absolute Gasteiger partial charge is 0.253 e. The summed E-state index contributed by atoms with van der Waals surface area (Å²) in [4.78, 5) is 91.5. The largest absolute Gasteiger partial charge is 0.391 e. The molecular formula is C62H79N9O10S3. The van der Waals surface area contributed by atoms with Crippen LogP contribution in [-0.4, -0.2) is 111 Å². The number of nitrogens with one attached hydrogen (secondary N) is 5. The lowest BCUT2D eigenvalue weighted by Gasteiger charge is -2.35. The summed E-state index contributed by atoms with van der Waals surface area (Å²) in [5.41, 5.74) is 7.46. The molecular weight excluding hydrogens is 1130 g/mol. The quantitative estimate of drug-likeness (QED) is 0.0223. The van der Waals surface area contributed by atoms with Crippen LogP contribution in [0.4, 0.5) is 5.13 Å². The number of anilines is 1. The van der Waals surface area contributed by atoms with Gasteiger partial charge in [0.15, 0.2) is 5.13 Å². The average molecular weight is 1210 g/mol. The molecule has 6 amide bonds. The molecule has 450 valence electrons. The molecule has 22 heteroatoms. The lowest BCUT2D eigenvalue weighted by atomic mass is 9.85. The van der Waals surface area contributed by atoms with Gasteiger partial charge in [-0.05, 0) is 53.5 Å². The Labute approximate surface area is 500 Å². The number of carbonyl (C=O) groups is 6. The predicted molar refractivity (Wildman–Crippen MR) is 327 cm³/mol. The summed E-state index contributed by atoms with van der Waals surface area (Å²) in [6, 6.07) is 23.4. The van der Waals surface area contributed by atoms with Crippen LogP contribution in [0, 0.1) is 12.3 Å². The van der Waals surface area contributed by atoms with Gasteiger partial charge in [-0.15, -0.1) is 22.7 Å². The first-order valence-electron chi connectivity index (χ1n) is 28.7. The van der Waals surface area contributed by atoms with E-state index in [0.717, 1.165) is 106 Å². The first-order valence-corrected chi connectivity index (χ1v) is 32.3. The van der Waals surface area contributed by atoms with Crippen LogP contribution < -0.4 is 26.6 Å². The molecule has 6 N–H and O–H groups in total. The lowest BCUT2D eigenvalue weighted by Crippen LogP contribution is -2.57. The molecule has 1 saturated heterocycles. The number of aliphatic hydroxyl groups excluding tert-OH is 1. The van der Waals surface area contributed by atoms with Gasteiger partial charge < -0.3 is 41.3 Å². The molecule has 7 rings (SSSR count). The molecule has 0 radical (unpaired) electrons. The molecule has 1 fully saturated rings. The van der Waals surface area contributed by atoms with Crippen molar-refractivity contribution in [2.45, 2.75) is 155 Å². The zero-order chi connectivity index (χ0) is 60.2. The van der Waals surface area contributed by atoms with Crippen molar-refractivity contribution in [2.24, 2.45) is 5.41 Å². The number of nitrogens with zero attached hydrogens (tertiary/aromatic N) is 4. The fraction of sp³-hybridized carbons (Fsp3) is 0.452. The monoisotopic (exact) mass is 1210 g/mol. The number of aryl methyl sites for hydroxylation is 1. The fourth-order valence-electron chi connectivity index (χ4n) is 9.74. The van der Waals surface area contributed by atoms with Gasteiger partial charge >= 0.3 is 0 Å². The molecule has 3 aromatic heterocycles. The van der Waals surface area contributed by atoms with E-state index >= 15 is 0 Å². The molecule has 3 aromatic carbocycles. The Morgan fingerprint density at radius 1 is 0.750 bits per heavy atom. The van der Waals surface area contributed by atoms with Crippen LogP contribution in [-0.2, 0) is 58.4 Å². The third-order valence-corrected chi connectivity index (χ3v) is 17.3. The third kappa shape index (κ3) is 19.7. The number of benzene rings is 3. The molecule has 84 heavy (non-hydrogen) atoms. The van der Waals surface area contributed by atoms with Crippen molar-refractivity contribution in [3.8, 4) is 21.7 Å². The van der Waals surface area contributed by atoms with Gasteiger partial charge in [-0.2, -0.15) is 0 Å². The van der Waals surface area contributed by atoms with E-state index < -0.39 is 51.5 Å². The van der Waals surface area contributed by atoms with E-state index in [0.29, 0.717) is 36.6 Å². The highest BCUT2D eigenvalue weighted by atomic mass is 32.2. The summed E-state index contributed by atoms with van der Waals surface area (Å²) in [7, 11) is -3.62. The SMILES string of the molecule is Cc1ncsc1-c1ccc(CNC(=O)[C@@H]2C[C@@H](O)CN2C(=O)[C@@H](NC(=O)CCCCCCCCCCCCC(=O)NCc2ccc(COC[C@H](NC(=O)c3ccn(S(C)(=O)=O)c3)C(=O)Nc3nc(-c4ccccc4)cs3)cc2)C(C)(C)C)cc1. The summed E-state index contributed by atoms with van der Waals surface area (Å²) < 4.78 is 30.8. The maximum Gasteiger partial charge on any atom is 0.253 e. The summed E-state index contributed by atoms with van der Waals surface area (Å²) in [5, 5.41) is 27.1. The van der Waals surface area contributed by atoms with Crippen molar-refractivity contribution in [3.63, 3.8) is 0 Å². The highest BCUT2D eigenvalue weighted by Gasteiger charge is 2.44. The Morgan fingerprint density at radius 3 is 1.96 bits per heavy atom. The highest BCUT2D eigenvalue weighted by Crippen LogP contribution is 2.29. The summed E-state index contributed by atoms with van der Waals surface area (Å²) in [5.74, 6) is -2.15. The molecule has 19 nitrogen and oxygen atoms in total. The van der Waals surface area contributed by atoms with Crippen molar-refractivity contribution in [1.82, 2.24) is 40.1 Å². The summed E-state index contributed by atoms with van der Waals surface area (Å²) in [6.45, 7) is 8.23. The van der Waals surface area contributed by atoms with Gasteiger partial charge in [0, 0.05) is 62.2 Å². The van der Waals surface area contributed by atoms with Crippen molar-refractivity contribution in [1.29, 1.82) is 0 Å². The minimum Gasteiger partial charge on any atom is -0.391 e. The van der Waals surface area contributed by atoms with E-state index in [1.807, 2.05) is 117 Å². The first kappa shape index (κ1) is 64.5. The Kier molecular flexibility index (Phi) is 23.9. The molecule has 0 unspecified atom stereocenters. The highest BCUT2D eigenvalue weighted by molar-refractivity contribution is 7.89. The maximum absolute atomic E-state index is 14.0. The Balaban J connectivity index is 0.727. The molecule has 6 aromatic rings. The van der Waals surface area contributed by atoms with E-state index in [2.05, 4.69) is 36.6 Å². The van der Waals surface area contributed by atoms with E-state index in [9.17, 15) is 42.3 Å². The van der Waals surface area contributed by atoms with Crippen LogP contribution in [0.25, 0.3) is 21.7 Å². The van der Waals surface area contributed by atoms with Crippen molar-refractivity contribution in [2.75, 3.05) is 24.7 Å². The number of amides is 6. The van der Waals surface area contributed by atoms with E-state index in [4.69, 9.17) is 4.74 Å². The Hall–Kier alpha value is -7.11. The molecule has 0 spiro atoms. The number of hydrogen-bond donors (Lipinski definition) is 6. The maximum atomic E-state index is 14.0. The standard InChI is InChI=1S/C62H79N9O10S3/c1-42-55(83-41-65-42)47-29-27-44(28-30-47)35-64-59(77)52-33-49(72)37-71(52)60(78)56(62(2,3)4)68-54(74)22-18-13-11-9-7-6-8-10-12-17-21-53(73)63-34-43-23-25-45(26-24-43)38-81-39-50(66-57(75)48-31-32-70(36-48)84(5,79)80)58(76)69-61-67-51(40-82-61)46-19-15-14-16-20-46/h14-16,19-20,23-32,36,40-41,49-50,52,56,72H,6-13,17-18,21-22,33-35,37-39H2,1-5H3,(H,63,73)(H,64,77)(H,66,75)(H,68,74)(H,67,69,76)/t49-,50+,52+,56-/m1/s1. The van der Waals surface area contributed by atoms with Crippen molar-refractivity contribution < 1.29 is 47.0 Å². The van der Waals surface area contributed by atoms with Gasteiger partial charge in [-0.1, -0.05) is 151 Å². The molecule has 4 atom stereocenters. The van der Waals surface area contributed by atoms with Crippen molar-refractivity contribution >= 4 is 73.3 Å². The molecule has 1 aliphatic rings. The van der Waals surface area contributed by atoms with E-state index in [-0.39, 0.29) is 61.9 Å². The number of hydrogen-bond acceptors (Lipinski definition) is 14. The second-order valence-electron chi connectivity index (χ2n) is 22.5. The summed E-state index contributed by atoms with van der Waals surface area (Å²) in [6.07, 6.45) is 13.3. The number of ether oxygens (including phenoxy) is 1. The number of aliphatic hydroxyl groups is 1. The zero-order valence-electron chi connectivity index (χ0n) is 48.6. The number of β-amino-alcohol motifs (C(OH)–C–C–N with tert-alkyl or cyclic N) is 1. The number of unbranched alkanes of at least 4 members (excludes halogenated alkanes) is 9. The molecule has 0 bridgehead atoms. The average Bonchev–Trinajstić information content (AvgIpc) is 4.24. The van der Waals surface area contributed by atoms with Gasteiger partial charge in [-0.3, -0.25) is 32.7 Å². The van der Waals surface area contributed by atoms with Gasteiger partial charge in [0.05, 0.1) is 52.9 Å². The minimum atomic E-state index is -3.62. The van der Waals surface area contributed by atoms with Crippen LogP contribution >= 0.6 is 22.7 Å². The molecule has 4 heterocycles. The number of thiazole rings is 2. The minimum absolute atomic E-state index is 0.0121. The molecule has 1 aliphatic heterocycles. The summed E-state index contributed by atoms with van der Waals surface area (Å²) >= 11 is 2.81. The van der Waals surface area contributed by atoms with Crippen LogP contribution in [0.3, 0.4) is 0 Å². The zero-order valence-corrected chi connectivity index (χ0v) is 51.0. The Bertz CT molecular complexity index is 3250. The fourth-order valence-corrected chi connectivity index (χ4v) is 11.9. The van der Waals surface area contributed by atoms with Gasteiger partial charge in [0.25, 0.3) is 11.8 Å². The van der Waals surface area contributed by atoms with E-state index in [1.54, 1.807) is 11.3 Å². The van der Waals surface area contributed by atoms with Crippen LogP contribution in [0.2, 0.25) is 0 Å².